The van der Waals surface area contributed by atoms with E-state index in [1.165, 1.54) is 16.8 Å². The van der Waals surface area contributed by atoms with Gasteiger partial charge in [0, 0.05) is 18.0 Å². The first-order valence-corrected chi connectivity index (χ1v) is 5.65. The highest BCUT2D eigenvalue weighted by atomic mass is 16.1. The van der Waals surface area contributed by atoms with Gasteiger partial charge in [-0.1, -0.05) is 17.7 Å². The van der Waals surface area contributed by atoms with E-state index in [0.717, 1.165) is 19.3 Å². The number of Topliss-reactive ketones (excluding diaryl/α,β-unsaturated/α-hetero) is 1. The Bertz CT molecular complexity index is 425. The summed E-state index contributed by atoms with van der Waals surface area (Å²) in [5.74, 6) is 0.821. The summed E-state index contributed by atoms with van der Waals surface area (Å²) in [6.45, 7) is 2.11. The molecule has 0 radical (unpaired) electrons. The summed E-state index contributed by atoms with van der Waals surface area (Å²) in [6.07, 6.45) is 2.95. The second kappa shape index (κ2) is 3.09. The van der Waals surface area contributed by atoms with Crippen molar-refractivity contribution in [3.05, 3.63) is 29.3 Å². The van der Waals surface area contributed by atoms with Crippen LogP contribution in [0.3, 0.4) is 0 Å². The van der Waals surface area contributed by atoms with Crippen molar-refractivity contribution in [3.63, 3.8) is 0 Å². The summed E-state index contributed by atoms with van der Waals surface area (Å²) in [6, 6.07) is 6.51. The molecule has 0 spiro atoms. The topological polar surface area (TPSA) is 29.1 Å². The van der Waals surface area contributed by atoms with Gasteiger partial charge < -0.3 is 5.32 Å². The van der Waals surface area contributed by atoms with E-state index >= 15 is 0 Å². The van der Waals surface area contributed by atoms with Crippen LogP contribution >= 0.6 is 0 Å². The van der Waals surface area contributed by atoms with E-state index in [0.29, 0.717) is 11.7 Å². The molecule has 2 atom stereocenters. The third kappa shape index (κ3) is 1.28. The predicted octanol–water partition coefficient (Wildman–Crippen LogP) is 2.63. The third-order valence-corrected chi connectivity index (χ3v) is 3.61. The molecule has 1 aliphatic heterocycles. The lowest BCUT2D eigenvalue weighted by molar-refractivity contribution is -0.121. The molecule has 3 rings (SSSR count). The quantitative estimate of drug-likeness (QED) is 0.699. The number of ketones is 1. The standard InChI is InChI=1S/C13H15NO/c1-8-5-6-11-10(7-8)9-3-2-4-12(15)13(9)14-11/h5-7,9,13-14H,2-4H2,1H3/t9-,13-/m0/s1. The lowest BCUT2D eigenvalue weighted by Crippen LogP contribution is -2.33. The average Bonchev–Trinajstić information content (AvgIpc) is 2.58. The third-order valence-electron chi connectivity index (χ3n) is 3.61. The molecule has 1 saturated carbocycles. The fraction of sp³-hybridized carbons (Fsp3) is 0.462. The molecule has 2 aliphatic rings. The second-order valence-corrected chi connectivity index (χ2v) is 4.68. The number of fused-ring (bicyclic) bond motifs is 3. The Hall–Kier alpha value is -1.31. The molecular formula is C13H15NO. The largest absolute Gasteiger partial charge is 0.375 e. The van der Waals surface area contributed by atoms with Gasteiger partial charge in [0.2, 0.25) is 0 Å². The zero-order valence-electron chi connectivity index (χ0n) is 8.92. The lowest BCUT2D eigenvalue weighted by Gasteiger charge is -2.24. The number of benzene rings is 1. The van der Waals surface area contributed by atoms with Crippen LogP contribution in [0.2, 0.25) is 0 Å². The lowest BCUT2D eigenvalue weighted by atomic mass is 9.82. The van der Waals surface area contributed by atoms with Gasteiger partial charge in [-0.05, 0) is 31.4 Å². The number of carbonyl (C=O) groups excluding carboxylic acids is 1. The monoisotopic (exact) mass is 201 g/mol. The molecule has 78 valence electrons. The Morgan fingerprint density at radius 2 is 2.27 bits per heavy atom. The van der Waals surface area contributed by atoms with Crippen LogP contribution in [0.25, 0.3) is 0 Å². The van der Waals surface area contributed by atoms with Crippen LogP contribution in [0.5, 0.6) is 0 Å². The molecule has 0 bridgehead atoms. The van der Waals surface area contributed by atoms with Gasteiger partial charge in [-0.15, -0.1) is 0 Å². The number of anilines is 1. The molecule has 2 heteroatoms. The molecule has 0 saturated heterocycles. The van der Waals surface area contributed by atoms with Crippen molar-refractivity contribution < 1.29 is 4.79 Å². The molecule has 1 aromatic rings. The molecule has 1 heterocycles. The van der Waals surface area contributed by atoms with Gasteiger partial charge in [0.1, 0.15) is 0 Å². The van der Waals surface area contributed by atoms with Gasteiger partial charge in [0.05, 0.1) is 6.04 Å². The molecule has 2 nitrogen and oxygen atoms in total. The Morgan fingerprint density at radius 3 is 3.13 bits per heavy atom. The van der Waals surface area contributed by atoms with E-state index in [4.69, 9.17) is 0 Å². The molecule has 0 aromatic heterocycles. The first kappa shape index (κ1) is 8.96. The minimum Gasteiger partial charge on any atom is -0.375 e. The van der Waals surface area contributed by atoms with Crippen molar-refractivity contribution >= 4 is 11.5 Å². The first-order chi connectivity index (χ1) is 7.25. The maximum absolute atomic E-state index is 11.8. The van der Waals surface area contributed by atoms with E-state index in [2.05, 4.69) is 30.4 Å². The van der Waals surface area contributed by atoms with Gasteiger partial charge in [0.15, 0.2) is 5.78 Å². The predicted molar refractivity (Wildman–Crippen MR) is 60.2 cm³/mol. The van der Waals surface area contributed by atoms with E-state index in [-0.39, 0.29) is 6.04 Å². The molecule has 1 N–H and O–H groups in total. The maximum atomic E-state index is 11.8. The molecule has 0 amide bonds. The minimum atomic E-state index is 0.0653. The van der Waals surface area contributed by atoms with E-state index < -0.39 is 0 Å². The fourth-order valence-electron chi connectivity index (χ4n) is 2.85. The van der Waals surface area contributed by atoms with Crippen molar-refractivity contribution in [1.82, 2.24) is 0 Å². The summed E-state index contributed by atoms with van der Waals surface area (Å²) in [5.41, 5.74) is 3.81. The van der Waals surface area contributed by atoms with Gasteiger partial charge >= 0.3 is 0 Å². The van der Waals surface area contributed by atoms with Crippen LogP contribution in [0.1, 0.15) is 36.3 Å². The van der Waals surface area contributed by atoms with Crippen molar-refractivity contribution in [2.45, 2.75) is 38.1 Å². The van der Waals surface area contributed by atoms with Crippen LogP contribution < -0.4 is 5.32 Å². The Labute approximate surface area is 89.7 Å². The van der Waals surface area contributed by atoms with Crippen LogP contribution in [0, 0.1) is 6.92 Å². The van der Waals surface area contributed by atoms with Crippen molar-refractivity contribution in [3.8, 4) is 0 Å². The molecule has 1 fully saturated rings. The highest BCUT2D eigenvalue weighted by molar-refractivity contribution is 5.91. The number of aryl methyl sites for hydroxylation is 1. The molecular weight excluding hydrogens is 186 g/mol. The molecule has 0 unspecified atom stereocenters. The van der Waals surface area contributed by atoms with Gasteiger partial charge in [-0.25, -0.2) is 0 Å². The molecule has 15 heavy (non-hydrogen) atoms. The van der Waals surface area contributed by atoms with Gasteiger partial charge in [-0.2, -0.15) is 0 Å². The zero-order chi connectivity index (χ0) is 10.4. The SMILES string of the molecule is Cc1ccc2c(c1)[C@@H]1CCCC(=O)[C@H]1N2. The fourth-order valence-corrected chi connectivity index (χ4v) is 2.85. The molecule has 1 aromatic carbocycles. The summed E-state index contributed by atoms with van der Waals surface area (Å²) in [4.78, 5) is 11.8. The summed E-state index contributed by atoms with van der Waals surface area (Å²) >= 11 is 0. The van der Waals surface area contributed by atoms with Gasteiger partial charge in [-0.3, -0.25) is 4.79 Å². The zero-order valence-corrected chi connectivity index (χ0v) is 8.92. The average molecular weight is 201 g/mol. The Kier molecular flexibility index (Phi) is 1.84. The normalized spacial score (nSPS) is 28.2. The van der Waals surface area contributed by atoms with E-state index in [1.807, 2.05) is 0 Å². The Balaban J connectivity index is 2.05. The number of hydrogen-bond donors (Lipinski definition) is 1. The Morgan fingerprint density at radius 1 is 1.40 bits per heavy atom. The summed E-state index contributed by atoms with van der Waals surface area (Å²) < 4.78 is 0. The second-order valence-electron chi connectivity index (χ2n) is 4.68. The van der Waals surface area contributed by atoms with Crippen molar-refractivity contribution in [2.24, 2.45) is 0 Å². The number of hydrogen-bond acceptors (Lipinski definition) is 2. The highest BCUT2D eigenvalue weighted by Gasteiger charge is 2.38. The highest BCUT2D eigenvalue weighted by Crippen LogP contribution is 2.42. The number of carbonyl (C=O) groups is 1. The van der Waals surface area contributed by atoms with Crippen LogP contribution in [-0.4, -0.2) is 11.8 Å². The maximum Gasteiger partial charge on any atom is 0.155 e. The van der Waals surface area contributed by atoms with E-state index in [9.17, 15) is 4.79 Å². The van der Waals surface area contributed by atoms with Crippen LogP contribution in [-0.2, 0) is 4.79 Å². The molecule has 1 aliphatic carbocycles. The smallest absolute Gasteiger partial charge is 0.155 e. The van der Waals surface area contributed by atoms with Crippen molar-refractivity contribution in [1.29, 1.82) is 0 Å². The number of rotatable bonds is 0. The van der Waals surface area contributed by atoms with Crippen molar-refractivity contribution in [2.75, 3.05) is 5.32 Å². The van der Waals surface area contributed by atoms with Gasteiger partial charge in [0.25, 0.3) is 0 Å². The number of nitrogens with one attached hydrogen (secondary N) is 1. The van der Waals surface area contributed by atoms with Crippen LogP contribution in [0.15, 0.2) is 18.2 Å². The van der Waals surface area contributed by atoms with E-state index in [1.54, 1.807) is 0 Å². The summed E-state index contributed by atoms with van der Waals surface area (Å²) in [5, 5.41) is 3.36. The first-order valence-electron chi connectivity index (χ1n) is 5.65. The minimum absolute atomic E-state index is 0.0653. The van der Waals surface area contributed by atoms with Crippen LogP contribution in [0.4, 0.5) is 5.69 Å². The summed E-state index contributed by atoms with van der Waals surface area (Å²) in [7, 11) is 0.